The first-order valence-electron chi connectivity index (χ1n) is 14.8. The highest BCUT2D eigenvalue weighted by molar-refractivity contribution is 7.68. The molecule has 2 aliphatic heterocycles. The third kappa shape index (κ3) is 10.1. The molecular weight excluding hydrogens is 714 g/mol. The summed E-state index contributed by atoms with van der Waals surface area (Å²) >= 11 is 0. The highest BCUT2D eigenvalue weighted by Crippen LogP contribution is 2.67. The summed E-state index contributed by atoms with van der Waals surface area (Å²) in [5.41, 5.74) is 0.0857. The van der Waals surface area contributed by atoms with Gasteiger partial charge in [0, 0.05) is 18.2 Å². The lowest BCUT2D eigenvalue weighted by molar-refractivity contribution is -0.150. The van der Waals surface area contributed by atoms with Crippen LogP contribution in [-0.4, -0.2) is 67.5 Å². The molecule has 8 unspecified atom stereocenters. The van der Waals surface area contributed by atoms with Crippen LogP contribution in [0.25, 0.3) is 0 Å². The number of halogens is 1. The molecule has 2 fully saturated rings. The topological polar surface area (TPSA) is 231 Å². The number of benzene rings is 2. The number of aromatic nitrogens is 2. The van der Waals surface area contributed by atoms with Gasteiger partial charge in [-0.2, -0.15) is 9.29 Å². The number of nitrogens with zero attached hydrogens (tertiary/aromatic N) is 2. The molecule has 0 spiro atoms. The number of amides is 1. The first-order valence-corrected chi connectivity index (χ1v) is 19.6. The van der Waals surface area contributed by atoms with Gasteiger partial charge in [0.05, 0.1) is 12.8 Å². The molecule has 3 aromatic rings. The first-order chi connectivity index (χ1) is 23.1. The molecule has 4 N–H and O–H groups in total. The Labute approximate surface area is 278 Å². The minimum Gasteiger partial charge on any atom is -0.346 e. The van der Waals surface area contributed by atoms with Crippen LogP contribution >= 0.6 is 23.2 Å². The van der Waals surface area contributed by atoms with E-state index < -0.39 is 84.3 Å². The number of phosphoric ester groups is 1. The van der Waals surface area contributed by atoms with E-state index in [1.54, 1.807) is 6.92 Å². The van der Waals surface area contributed by atoms with Gasteiger partial charge in [-0.05, 0) is 42.3 Å². The molecule has 2 saturated heterocycles. The number of carbonyl (C=O) groups excluding carboxylic acids is 1. The predicted octanol–water partition coefficient (Wildman–Crippen LogP) is 4.12. The van der Waals surface area contributed by atoms with E-state index in [2.05, 4.69) is 18.9 Å². The van der Waals surface area contributed by atoms with Crippen LogP contribution in [0.5, 0.6) is 0 Å². The number of hydrogen-bond acceptors (Lipinski definition) is 12. The smallest absolute Gasteiger partial charge is 0.346 e. The van der Waals surface area contributed by atoms with E-state index in [0.717, 1.165) is 22.3 Å². The molecule has 1 aromatic heterocycles. The molecule has 2 aliphatic rings. The van der Waals surface area contributed by atoms with Crippen molar-refractivity contribution < 1.29 is 64.9 Å². The molecule has 8 atom stereocenters. The number of ether oxygens (including phenoxy) is 3. The summed E-state index contributed by atoms with van der Waals surface area (Å²) in [5, 5.41) is 2.44. The monoisotopic (exact) mass is 747 g/mol. The second-order valence-electron chi connectivity index (χ2n) is 11.0. The fourth-order valence-electron chi connectivity index (χ4n) is 5.02. The Morgan fingerprint density at radius 2 is 1.65 bits per heavy atom. The van der Waals surface area contributed by atoms with Gasteiger partial charge in [0.15, 0.2) is 12.5 Å². The second kappa shape index (κ2) is 15.5. The van der Waals surface area contributed by atoms with E-state index in [1.165, 1.54) is 24.4 Å². The van der Waals surface area contributed by atoms with Crippen LogP contribution in [0.2, 0.25) is 0 Å². The fourth-order valence-corrected chi connectivity index (χ4v) is 9.31. The highest BCUT2D eigenvalue weighted by atomic mass is 31.3. The van der Waals surface area contributed by atoms with Crippen LogP contribution in [0, 0.1) is 5.82 Å². The summed E-state index contributed by atoms with van der Waals surface area (Å²) in [7, 11) is -15.6. The van der Waals surface area contributed by atoms with Crippen LogP contribution in [0.4, 0.5) is 10.2 Å². The minimum atomic E-state index is -5.56. The maximum absolute atomic E-state index is 13.2. The van der Waals surface area contributed by atoms with Crippen LogP contribution < -0.4 is 11.0 Å². The van der Waals surface area contributed by atoms with E-state index in [1.807, 2.05) is 30.3 Å². The Kier molecular flexibility index (Phi) is 11.8. The van der Waals surface area contributed by atoms with Crippen molar-refractivity contribution >= 4 is 35.0 Å². The lowest BCUT2D eigenvalue weighted by atomic mass is 10.1. The van der Waals surface area contributed by atoms with Gasteiger partial charge in [0.2, 0.25) is 0 Å². The zero-order valence-electron chi connectivity index (χ0n) is 25.7. The zero-order chi connectivity index (χ0) is 35.4. The largest absolute Gasteiger partial charge is 0.488 e. The van der Waals surface area contributed by atoms with Gasteiger partial charge in [-0.25, -0.2) is 22.6 Å². The van der Waals surface area contributed by atoms with Crippen molar-refractivity contribution in [2.45, 2.75) is 57.0 Å². The minimum absolute atomic E-state index is 0.119. The summed E-state index contributed by atoms with van der Waals surface area (Å²) < 4.78 is 82.7. The molecule has 21 heteroatoms. The summed E-state index contributed by atoms with van der Waals surface area (Å²) in [5.74, 6) is -1.30. The van der Waals surface area contributed by atoms with Gasteiger partial charge in [0.25, 0.3) is 5.91 Å². The van der Waals surface area contributed by atoms with Gasteiger partial charge < -0.3 is 34.2 Å². The van der Waals surface area contributed by atoms with Gasteiger partial charge >= 0.3 is 28.9 Å². The summed E-state index contributed by atoms with van der Waals surface area (Å²) in [6.07, 6.45) is -3.62. The summed E-state index contributed by atoms with van der Waals surface area (Å²) in [6.45, 7) is 0.904. The Balaban J connectivity index is 1.30. The fraction of sp³-hybridized carbons (Fsp3) is 0.393. The molecule has 0 saturated carbocycles. The van der Waals surface area contributed by atoms with Crippen molar-refractivity contribution in [2.75, 3.05) is 18.1 Å². The molecule has 0 aliphatic carbocycles. The third-order valence-corrected chi connectivity index (χ3v) is 12.1. The molecule has 0 bridgehead atoms. The van der Waals surface area contributed by atoms with Gasteiger partial charge in [-0.1, -0.05) is 43.7 Å². The predicted molar refractivity (Wildman–Crippen MR) is 168 cm³/mol. The molecule has 49 heavy (non-hydrogen) atoms. The number of fused-ring (bicyclic) bond motifs is 1. The molecule has 2 aromatic carbocycles. The SMILES string of the molecule is CCCCP(=O)(O)OP(=O)(O)OP(=O)(O)OCC1OC(n2ccc(NC(=O)c3ccc(F)cc3)nc2=O)C2OC(Cc3ccccc3)OC12. The van der Waals surface area contributed by atoms with Gasteiger partial charge in [-0.15, -0.1) is 0 Å². The number of nitrogens with one attached hydrogen (secondary N) is 1. The number of unbranched alkanes of at least 4 members (excludes halogenated alkanes) is 1. The standard InChI is InChI=1S/C28H33FN3O14P3/c1-2-3-15-47(35,36)45-49(39,40)46-48(37,38)41-17-21-24-25(44-23(43-24)16-18-7-5-4-6-8-18)27(42-21)32-14-13-22(31-28(32)34)30-26(33)19-9-11-20(29)12-10-19/h4-14,21,23-25,27H,2-3,15-17H2,1H3,(H,35,36)(H,37,38)(H,39,40)(H,30,31,33,34). The van der Waals surface area contributed by atoms with Crippen molar-refractivity contribution in [1.29, 1.82) is 0 Å². The normalized spacial score (nSPS) is 25.5. The van der Waals surface area contributed by atoms with Crippen LogP contribution in [0.15, 0.2) is 71.7 Å². The highest BCUT2D eigenvalue weighted by Gasteiger charge is 2.54. The molecule has 17 nitrogen and oxygen atoms in total. The lowest BCUT2D eigenvalue weighted by Crippen LogP contribution is -2.34. The number of carbonyl (C=O) groups is 1. The Bertz CT molecular complexity index is 1830. The Morgan fingerprint density at radius 3 is 2.33 bits per heavy atom. The quantitative estimate of drug-likeness (QED) is 0.160. The van der Waals surface area contributed by atoms with Crippen molar-refractivity contribution in [3.63, 3.8) is 0 Å². The van der Waals surface area contributed by atoms with Gasteiger partial charge in [0.1, 0.15) is 29.9 Å². The Morgan fingerprint density at radius 1 is 0.959 bits per heavy atom. The zero-order valence-corrected chi connectivity index (χ0v) is 28.4. The number of anilines is 1. The average Bonchev–Trinajstić information content (AvgIpc) is 3.58. The second-order valence-corrected chi connectivity index (χ2v) is 16.1. The molecule has 5 rings (SSSR count). The van der Waals surface area contributed by atoms with Crippen molar-refractivity contribution in [2.24, 2.45) is 0 Å². The number of rotatable bonds is 15. The van der Waals surface area contributed by atoms with Crippen molar-refractivity contribution in [3.05, 3.63) is 94.3 Å². The van der Waals surface area contributed by atoms with E-state index in [9.17, 15) is 42.4 Å². The van der Waals surface area contributed by atoms with E-state index in [0.29, 0.717) is 6.42 Å². The average molecular weight is 747 g/mol. The molecule has 1 amide bonds. The van der Waals surface area contributed by atoms with Gasteiger partial charge in [-0.3, -0.25) is 18.5 Å². The van der Waals surface area contributed by atoms with Crippen LogP contribution in [0.1, 0.15) is 41.9 Å². The van der Waals surface area contributed by atoms with E-state index >= 15 is 0 Å². The molecular formula is C28H33FN3O14P3. The number of hydrogen-bond donors (Lipinski definition) is 4. The molecule has 3 heterocycles. The van der Waals surface area contributed by atoms with Crippen molar-refractivity contribution in [3.8, 4) is 0 Å². The molecule has 266 valence electrons. The third-order valence-electron chi connectivity index (χ3n) is 7.23. The van der Waals surface area contributed by atoms with Crippen LogP contribution in [-0.2, 0) is 47.5 Å². The number of phosphoric acid groups is 2. The lowest BCUT2D eigenvalue weighted by Gasteiger charge is -2.22. The summed E-state index contributed by atoms with van der Waals surface area (Å²) in [4.78, 5) is 59.4. The van der Waals surface area contributed by atoms with E-state index in [-0.39, 0.29) is 24.2 Å². The molecule has 0 radical (unpaired) electrons. The summed E-state index contributed by atoms with van der Waals surface area (Å²) in [6, 6.07) is 15.1. The first kappa shape index (κ1) is 37.3. The maximum Gasteiger partial charge on any atom is 0.488 e. The maximum atomic E-state index is 13.2. The van der Waals surface area contributed by atoms with E-state index in [4.69, 9.17) is 18.7 Å². The van der Waals surface area contributed by atoms with Crippen molar-refractivity contribution in [1.82, 2.24) is 9.55 Å². The Hall–Kier alpha value is -2.95. The van der Waals surface area contributed by atoms with Crippen LogP contribution in [0.3, 0.4) is 0 Å².